The van der Waals surface area contributed by atoms with Crippen molar-refractivity contribution in [1.29, 1.82) is 0 Å². The minimum absolute atomic E-state index is 0.628. The molecule has 0 amide bonds. The maximum Gasteiger partial charge on any atom is 0.152 e. The Morgan fingerprint density at radius 3 is 2.78 bits per heavy atom. The van der Waals surface area contributed by atoms with Gasteiger partial charge in [-0.15, -0.1) is 0 Å². The van der Waals surface area contributed by atoms with Crippen LogP contribution in [-0.4, -0.2) is 9.78 Å². The Hall–Kier alpha value is -1.20. The van der Waals surface area contributed by atoms with E-state index >= 15 is 0 Å². The lowest BCUT2D eigenvalue weighted by molar-refractivity contribution is 0.753. The molecule has 0 unspecified atom stereocenters. The number of nitrogen functional groups attached to an aromatic ring is 1. The quantitative estimate of drug-likeness (QED) is 0.902. The number of halogens is 2. The SMILES string of the molecule is CCc1nn(C)c(Nc2ccc(Br)cc2Cl)c1N. The maximum absolute atomic E-state index is 6.16. The molecule has 0 saturated carbocycles. The molecular weight excluding hydrogens is 316 g/mol. The van der Waals surface area contributed by atoms with Gasteiger partial charge in [-0.25, -0.2) is 0 Å². The minimum atomic E-state index is 0.628. The van der Waals surface area contributed by atoms with Crippen LogP contribution in [0.2, 0.25) is 5.02 Å². The van der Waals surface area contributed by atoms with Crippen LogP contribution in [-0.2, 0) is 13.5 Å². The monoisotopic (exact) mass is 328 g/mol. The average molecular weight is 330 g/mol. The fraction of sp³-hybridized carbons (Fsp3) is 0.250. The topological polar surface area (TPSA) is 55.9 Å². The normalized spacial score (nSPS) is 10.7. The molecule has 0 spiro atoms. The summed E-state index contributed by atoms with van der Waals surface area (Å²) in [5, 5.41) is 8.19. The summed E-state index contributed by atoms with van der Waals surface area (Å²) in [6.07, 6.45) is 0.801. The van der Waals surface area contributed by atoms with Gasteiger partial charge in [0.2, 0.25) is 0 Å². The van der Waals surface area contributed by atoms with E-state index in [1.165, 1.54) is 0 Å². The van der Waals surface area contributed by atoms with Gasteiger partial charge in [0.05, 0.1) is 22.1 Å². The summed E-state index contributed by atoms with van der Waals surface area (Å²) in [6.45, 7) is 2.02. The predicted octanol–water partition coefficient (Wildman–Crippen LogP) is 3.72. The molecule has 0 radical (unpaired) electrons. The molecule has 0 fully saturated rings. The van der Waals surface area contributed by atoms with Crippen molar-refractivity contribution in [3.8, 4) is 0 Å². The molecule has 0 saturated heterocycles. The Kier molecular flexibility index (Phi) is 3.82. The third-order valence-electron chi connectivity index (χ3n) is 2.68. The van der Waals surface area contributed by atoms with Crippen molar-refractivity contribution in [3.63, 3.8) is 0 Å². The molecule has 1 aromatic carbocycles. The molecule has 6 heteroatoms. The number of aromatic nitrogens is 2. The molecular formula is C12H14BrClN4. The zero-order valence-corrected chi connectivity index (χ0v) is 12.5. The van der Waals surface area contributed by atoms with Gasteiger partial charge in [0.25, 0.3) is 0 Å². The van der Waals surface area contributed by atoms with Crippen molar-refractivity contribution in [1.82, 2.24) is 9.78 Å². The number of hydrogen-bond acceptors (Lipinski definition) is 3. The maximum atomic E-state index is 6.16. The van der Waals surface area contributed by atoms with E-state index in [2.05, 4.69) is 26.3 Å². The van der Waals surface area contributed by atoms with Gasteiger partial charge in [0.1, 0.15) is 0 Å². The highest BCUT2D eigenvalue weighted by Gasteiger charge is 2.13. The van der Waals surface area contributed by atoms with Gasteiger partial charge in [-0.3, -0.25) is 4.68 Å². The summed E-state index contributed by atoms with van der Waals surface area (Å²) in [5.41, 5.74) is 8.40. The van der Waals surface area contributed by atoms with Crippen LogP contribution in [0.15, 0.2) is 22.7 Å². The minimum Gasteiger partial charge on any atom is -0.394 e. The van der Waals surface area contributed by atoms with Crippen LogP contribution >= 0.6 is 27.5 Å². The van der Waals surface area contributed by atoms with Gasteiger partial charge >= 0.3 is 0 Å². The van der Waals surface area contributed by atoms with E-state index in [1.807, 2.05) is 32.2 Å². The average Bonchev–Trinajstić information content (AvgIpc) is 2.59. The molecule has 0 bridgehead atoms. The van der Waals surface area contributed by atoms with Gasteiger partial charge in [0, 0.05) is 11.5 Å². The summed E-state index contributed by atoms with van der Waals surface area (Å²) in [5.74, 6) is 0.760. The first-order valence-electron chi connectivity index (χ1n) is 5.56. The molecule has 4 nitrogen and oxygen atoms in total. The summed E-state index contributed by atoms with van der Waals surface area (Å²) in [6, 6.07) is 5.64. The van der Waals surface area contributed by atoms with Crippen molar-refractivity contribution in [3.05, 3.63) is 33.4 Å². The van der Waals surface area contributed by atoms with E-state index in [0.717, 1.165) is 28.1 Å². The highest BCUT2D eigenvalue weighted by atomic mass is 79.9. The van der Waals surface area contributed by atoms with Gasteiger partial charge in [0.15, 0.2) is 5.82 Å². The van der Waals surface area contributed by atoms with E-state index in [4.69, 9.17) is 17.3 Å². The molecule has 2 rings (SSSR count). The highest BCUT2D eigenvalue weighted by Crippen LogP contribution is 2.31. The molecule has 0 aliphatic carbocycles. The Bertz CT molecular complexity index is 580. The first kappa shape index (κ1) is 13.2. The first-order chi connectivity index (χ1) is 8.52. The smallest absolute Gasteiger partial charge is 0.152 e. The molecule has 0 aliphatic rings. The lowest BCUT2D eigenvalue weighted by atomic mass is 10.3. The molecule has 1 heterocycles. The van der Waals surface area contributed by atoms with Gasteiger partial charge in [-0.05, 0) is 24.6 Å². The Morgan fingerprint density at radius 1 is 1.50 bits per heavy atom. The lowest BCUT2D eigenvalue weighted by Gasteiger charge is -2.09. The number of benzene rings is 1. The van der Waals surface area contributed by atoms with E-state index in [9.17, 15) is 0 Å². The molecule has 2 aromatic rings. The Balaban J connectivity index is 2.37. The molecule has 0 aliphatic heterocycles. The second-order valence-electron chi connectivity index (χ2n) is 3.94. The zero-order valence-electron chi connectivity index (χ0n) is 10.2. The summed E-state index contributed by atoms with van der Waals surface area (Å²) in [4.78, 5) is 0. The number of nitrogens with zero attached hydrogens (tertiary/aromatic N) is 2. The molecule has 18 heavy (non-hydrogen) atoms. The second-order valence-corrected chi connectivity index (χ2v) is 5.26. The number of rotatable bonds is 3. The zero-order chi connectivity index (χ0) is 13.3. The third-order valence-corrected chi connectivity index (χ3v) is 3.49. The van der Waals surface area contributed by atoms with Crippen molar-refractivity contribution in [2.45, 2.75) is 13.3 Å². The molecule has 0 atom stereocenters. The number of aryl methyl sites for hydroxylation is 2. The Labute approximate surface area is 119 Å². The number of anilines is 3. The third kappa shape index (κ3) is 2.47. The van der Waals surface area contributed by atoms with Gasteiger partial charge in [-0.1, -0.05) is 34.5 Å². The molecule has 1 aromatic heterocycles. The summed E-state index contributed by atoms with van der Waals surface area (Å²) < 4.78 is 2.66. The van der Waals surface area contributed by atoms with E-state index in [1.54, 1.807) is 4.68 Å². The Morgan fingerprint density at radius 2 is 2.22 bits per heavy atom. The van der Waals surface area contributed by atoms with Crippen molar-refractivity contribution in [2.24, 2.45) is 7.05 Å². The van der Waals surface area contributed by atoms with Crippen LogP contribution in [0, 0.1) is 0 Å². The van der Waals surface area contributed by atoms with Crippen molar-refractivity contribution < 1.29 is 0 Å². The van der Waals surface area contributed by atoms with Crippen LogP contribution in [0.5, 0.6) is 0 Å². The summed E-state index contributed by atoms with van der Waals surface area (Å²) >= 11 is 9.53. The van der Waals surface area contributed by atoms with Crippen LogP contribution in [0.4, 0.5) is 17.2 Å². The van der Waals surface area contributed by atoms with Gasteiger partial charge in [-0.2, -0.15) is 5.10 Å². The molecule has 96 valence electrons. The van der Waals surface area contributed by atoms with Crippen LogP contribution in [0.25, 0.3) is 0 Å². The van der Waals surface area contributed by atoms with Crippen molar-refractivity contribution in [2.75, 3.05) is 11.1 Å². The fourth-order valence-electron chi connectivity index (χ4n) is 1.72. The highest BCUT2D eigenvalue weighted by molar-refractivity contribution is 9.10. The lowest BCUT2D eigenvalue weighted by Crippen LogP contribution is -2.01. The van der Waals surface area contributed by atoms with E-state index in [-0.39, 0.29) is 0 Å². The second kappa shape index (κ2) is 5.20. The van der Waals surface area contributed by atoms with E-state index < -0.39 is 0 Å². The molecule has 3 N–H and O–H groups in total. The number of nitrogens with one attached hydrogen (secondary N) is 1. The van der Waals surface area contributed by atoms with Crippen molar-refractivity contribution >= 4 is 44.7 Å². The number of nitrogens with two attached hydrogens (primary N) is 1. The van der Waals surface area contributed by atoms with Crippen LogP contribution in [0.1, 0.15) is 12.6 Å². The first-order valence-corrected chi connectivity index (χ1v) is 6.73. The van der Waals surface area contributed by atoms with Crippen LogP contribution < -0.4 is 11.1 Å². The van der Waals surface area contributed by atoms with Gasteiger partial charge < -0.3 is 11.1 Å². The predicted molar refractivity (Wildman–Crippen MR) is 79.4 cm³/mol. The van der Waals surface area contributed by atoms with Crippen LogP contribution in [0.3, 0.4) is 0 Å². The van der Waals surface area contributed by atoms with E-state index in [0.29, 0.717) is 10.7 Å². The summed E-state index contributed by atoms with van der Waals surface area (Å²) in [7, 11) is 1.85. The largest absolute Gasteiger partial charge is 0.394 e. The standard InChI is InChI=1S/C12H14BrClN4/c1-3-9-11(15)12(18(2)17-9)16-10-5-4-7(13)6-8(10)14/h4-6,16H,3,15H2,1-2H3. The fourth-order valence-corrected chi connectivity index (χ4v) is 2.44. The number of hydrogen-bond donors (Lipinski definition) is 2.